The first-order chi connectivity index (χ1) is 13.1. The Balaban J connectivity index is 1.44. The van der Waals surface area contributed by atoms with Crippen molar-refractivity contribution >= 4 is 11.8 Å². The largest absolute Gasteiger partial charge is 0.389 e. The Morgan fingerprint density at radius 2 is 1.81 bits per heavy atom. The minimum atomic E-state index is -0.510. The lowest BCUT2D eigenvalue weighted by atomic mass is 10.1. The van der Waals surface area contributed by atoms with Gasteiger partial charge >= 0.3 is 0 Å². The fourth-order valence-corrected chi connectivity index (χ4v) is 3.44. The van der Waals surface area contributed by atoms with Gasteiger partial charge in [-0.15, -0.1) is 0 Å². The second kappa shape index (κ2) is 7.32. The molecule has 27 heavy (non-hydrogen) atoms. The zero-order valence-electron chi connectivity index (χ0n) is 15.6. The minimum Gasteiger partial charge on any atom is -0.389 e. The highest BCUT2D eigenvalue weighted by molar-refractivity contribution is 5.48. The number of nitrogens with zero attached hydrogens (tertiary/aromatic N) is 4. The van der Waals surface area contributed by atoms with Crippen molar-refractivity contribution in [2.45, 2.75) is 39.6 Å². The number of aliphatic hydroxyl groups is 1. The number of hydrogen-bond acceptors (Lipinski definition) is 6. The van der Waals surface area contributed by atoms with Crippen molar-refractivity contribution in [3.63, 3.8) is 0 Å². The van der Waals surface area contributed by atoms with Crippen LogP contribution in [0, 0.1) is 6.92 Å². The van der Waals surface area contributed by atoms with E-state index in [0.717, 1.165) is 35.9 Å². The highest BCUT2D eigenvalue weighted by atomic mass is 16.3. The third-order valence-corrected chi connectivity index (χ3v) is 4.87. The zero-order chi connectivity index (χ0) is 18.8. The first kappa shape index (κ1) is 17.4. The monoisotopic (exact) mass is 361 g/mol. The third kappa shape index (κ3) is 3.75. The van der Waals surface area contributed by atoms with Crippen LogP contribution in [0.25, 0.3) is 0 Å². The van der Waals surface area contributed by atoms with E-state index in [1.807, 2.05) is 25.1 Å². The molecular weight excluding hydrogens is 338 g/mol. The van der Waals surface area contributed by atoms with E-state index in [1.165, 1.54) is 11.1 Å². The lowest BCUT2D eigenvalue weighted by Gasteiger charge is -2.17. The van der Waals surface area contributed by atoms with E-state index in [1.54, 1.807) is 13.1 Å². The van der Waals surface area contributed by atoms with Crippen LogP contribution in [-0.2, 0) is 19.6 Å². The number of hydrogen-bond donors (Lipinski definition) is 2. The molecule has 3 heterocycles. The first-order valence-corrected chi connectivity index (χ1v) is 9.13. The summed E-state index contributed by atoms with van der Waals surface area (Å²) < 4.78 is 0. The number of benzene rings is 1. The molecule has 0 aliphatic carbocycles. The fourth-order valence-electron chi connectivity index (χ4n) is 3.44. The molecule has 0 fully saturated rings. The van der Waals surface area contributed by atoms with E-state index in [9.17, 15) is 5.11 Å². The van der Waals surface area contributed by atoms with Crippen molar-refractivity contribution in [2.75, 3.05) is 10.2 Å². The summed E-state index contributed by atoms with van der Waals surface area (Å²) in [7, 11) is 0. The molecule has 6 nitrogen and oxygen atoms in total. The Morgan fingerprint density at radius 1 is 1.07 bits per heavy atom. The number of pyridine rings is 1. The molecule has 0 radical (unpaired) electrons. The number of fused-ring (bicyclic) bond motifs is 1. The molecule has 0 amide bonds. The summed E-state index contributed by atoms with van der Waals surface area (Å²) in [6, 6.07) is 14.3. The molecule has 2 N–H and O–H groups in total. The van der Waals surface area contributed by atoms with Crippen LogP contribution in [0.5, 0.6) is 0 Å². The number of anilines is 2. The van der Waals surface area contributed by atoms with Gasteiger partial charge < -0.3 is 15.3 Å². The lowest BCUT2D eigenvalue weighted by Crippen LogP contribution is -2.17. The minimum absolute atomic E-state index is 0.510. The summed E-state index contributed by atoms with van der Waals surface area (Å²) in [5, 5.41) is 13.0. The summed E-state index contributed by atoms with van der Waals surface area (Å²) in [5.74, 6) is 1.50. The van der Waals surface area contributed by atoms with Crippen molar-refractivity contribution in [1.82, 2.24) is 15.0 Å². The number of aryl methyl sites for hydroxylation is 1. The van der Waals surface area contributed by atoms with E-state index in [4.69, 9.17) is 0 Å². The van der Waals surface area contributed by atoms with Gasteiger partial charge in [0.2, 0.25) is 5.95 Å². The molecule has 1 aromatic carbocycles. The van der Waals surface area contributed by atoms with Gasteiger partial charge in [-0.1, -0.05) is 30.3 Å². The molecular formula is C21H23N5O. The summed E-state index contributed by atoms with van der Waals surface area (Å²) in [4.78, 5) is 15.8. The Morgan fingerprint density at radius 3 is 2.48 bits per heavy atom. The molecule has 1 aliphatic rings. The van der Waals surface area contributed by atoms with Crippen molar-refractivity contribution in [3.8, 4) is 0 Å². The van der Waals surface area contributed by atoms with E-state index in [0.29, 0.717) is 12.5 Å². The van der Waals surface area contributed by atoms with Crippen LogP contribution in [-0.4, -0.2) is 20.1 Å². The predicted octanol–water partition coefficient (Wildman–Crippen LogP) is 3.37. The zero-order valence-corrected chi connectivity index (χ0v) is 15.6. The topological polar surface area (TPSA) is 74.2 Å². The van der Waals surface area contributed by atoms with E-state index in [-0.39, 0.29) is 0 Å². The van der Waals surface area contributed by atoms with Gasteiger partial charge in [-0.05, 0) is 37.1 Å². The van der Waals surface area contributed by atoms with Gasteiger partial charge in [0.25, 0.3) is 0 Å². The van der Waals surface area contributed by atoms with Gasteiger partial charge in [0, 0.05) is 30.5 Å². The first-order valence-electron chi connectivity index (χ1n) is 9.13. The molecule has 3 aromatic rings. The van der Waals surface area contributed by atoms with Crippen LogP contribution in [0.3, 0.4) is 0 Å². The molecule has 1 atom stereocenters. The fraction of sp³-hybridized carbons (Fsp3) is 0.286. The molecule has 138 valence electrons. The average Bonchev–Trinajstić information content (AvgIpc) is 3.11. The lowest BCUT2D eigenvalue weighted by molar-refractivity contribution is 0.198. The third-order valence-electron chi connectivity index (χ3n) is 4.87. The second-order valence-corrected chi connectivity index (χ2v) is 6.87. The molecule has 0 bridgehead atoms. The maximum atomic E-state index is 9.72. The van der Waals surface area contributed by atoms with Crippen LogP contribution in [0.1, 0.15) is 41.1 Å². The summed E-state index contributed by atoms with van der Waals surface area (Å²) in [5.41, 5.74) is 5.28. The summed E-state index contributed by atoms with van der Waals surface area (Å²) in [6.45, 7) is 5.93. The Labute approximate surface area is 158 Å². The van der Waals surface area contributed by atoms with Crippen molar-refractivity contribution < 1.29 is 5.11 Å². The normalized spacial score (nSPS) is 14.1. The molecule has 1 unspecified atom stereocenters. The quantitative estimate of drug-likeness (QED) is 0.726. The Bertz CT molecular complexity index is 932. The number of aliphatic hydroxyl groups excluding tert-OH is 1. The molecule has 4 rings (SSSR count). The van der Waals surface area contributed by atoms with Crippen molar-refractivity contribution in [3.05, 3.63) is 76.7 Å². The Hall–Kier alpha value is -2.99. The van der Waals surface area contributed by atoms with Crippen LogP contribution < -0.4 is 10.2 Å². The summed E-state index contributed by atoms with van der Waals surface area (Å²) in [6.07, 6.45) is 1.27. The molecule has 2 aromatic heterocycles. The highest BCUT2D eigenvalue weighted by Gasteiger charge is 2.19. The maximum Gasteiger partial charge on any atom is 0.224 e. The van der Waals surface area contributed by atoms with Crippen LogP contribution in [0.4, 0.5) is 11.8 Å². The standard InChI is InChI=1S/C21H23N5O/c1-14-19(15(2)27)8-7-18(24-14)11-23-21-22-10-9-20(25-21)26-12-16-5-3-4-6-17(16)13-26/h3-10,15,27H,11-13H2,1-2H3,(H,22,23,25). The van der Waals surface area contributed by atoms with Gasteiger partial charge in [-0.3, -0.25) is 4.98 Å². The van der Waals surface area contributed by atoms with Gasteiger partial charge in [0.05, 0.1) is 18.3 Å². The smallest absolute Gasteiger partial charge is 0.224 e. The number of rotatable bonds is 5. The number of aromatic nitrogens is 3. The van der Waals surface area contributed by atoms with Gasteiger partial charge in [0.1, 0.15) is 5.82 Å². The van der Waals surface area contributed by atoms with Crippen molar-refractivity contribution in [1.29, 1.82) is 0 Å². The van der Waals surface area contributed by atoms with E-state index >= 15 is 0 Å². The van der Waals surface area contributed by atoms with E-state index in [2.05, 4.69) is 49.4 Å². The SMILES string of the molecule is Cc1nc(CNc2nccc(N3Cc4ccccc4C3)n2)ccc1C(C)O. The molecule has 6 heteroatoms. The van der Waals surface area contributed by atoms with Gasteiger partial charge in [-0.2, -0.15) is 4.98 Å². The Kier molecular flexibility index (Phi) is 4.73. The van der Waals surface area contributed by atoms with E-state index < -0.39 is 6.10 Å². The average molecular weight is 361 g/mol. The molecule has 1 aliphatic heterocycles. The van der Waals surface area contributed by atoms with Crippen LogP contribution in [0.15, 0.2) is 48.7 Å². The maximum absolute atomic E-state index is 9.72. The predicted molar refractivity (Wildman–Crippen MR) is 105 cm³/mol. The van der Waals surface area contributed by atoms with Crippen molar-refractivity contribution in [2.24, 2.45) is 0 Å². The molecule has 0 spiro atoms. The van der Waals surface area contributed by atoms with Crippen LogP contribution in [0.2, 0.25) is 0 Å². The van der Waals surface area contributed by atoms with Crippen LogP contribution >= 0.6 is 0 Å². The molecule has 0 saturated heterocycles. The summed E-state index contributed by atoms with van der Waals surface area (Å²) >= 11 is 0. The molecule has 0 saturated carbocycles. The van der Waals surface area contributed by atoms with Gasteiger partial charge in [-0.25, -0.2) is 4.98 Å². The highest BCUT2D eigenvalue weighted by Crippen LogP contribution is 2.27. The van der Waals surface area contributed by atoms with Gasteiger partial charge in [0.15, 0.2) is 0 Å². The second-order valence-electron chi connectivity index (χ2n) is 6.87. The number of nitrogens with one attached hydrogen (secondary N) is 1.